The number of piperazine rings is 1. The van der Waals surface area contributed by atoms with Crippen LogP contribution in [0.1, 0.15) is 32.4 Å². The number of aryl methyl sites for hydroxylation is 1. The second-order valence-electron chi connectivity index (χ2n) is 9.48. The highest BCUT2D eigenvalue weighted by atomic mass is 79.9. The van der Waals surface area contributed by atoms with Crippen LogP contribution in [0.5, 0.6) is 5.75 Å². The number of halogens is 1. The SMILES string of the molecule is COC(=O)c1c(C)[nH]c2c(OC(=O)N3CCN(C)CC3)cc3c(c12)C(CBr)CN3C(=O)/C=C/c1cccs1. The molecule has 0 spiro atoms. The number of benzene rings is 1. The average molecular weight is 602 g/mol. The maximum atomic E-state index is 13.4. The summed E-state index contributed by atoms with van der Waals surface area (Å²) in [6.45, 7) is 4.84. The van der Waals surface area contributed by atoms with Crippen LogP contribution in [0.25, 0.3) is 17.0 Å². The van der Waals surface area contributed by atoms with Crippen LogP contribution >= 0.6 is 27.3 Å². The fraction of sp³-hybridized carbons (Fsp3) is 0.370. The fourth-order valence-electron chi connectivity index (χ4n) is 5.08. The number of hydrogen-bond acceptors (Lipinski definition) is 7. The number of aromatic nitrogens is 1. The fourth-order valence-corrected chi connectivity index (χ4v) is 6.22. The zero-order valence-corrected chi connectivity index (χ0v) is 23.9. The number of hydrogen-bond donors (Lipinski definition) is 1. The van der Waals surface area contributed by atoms with Gasteiger partial charge in [-0.15, -0.1) is 11.3 Å². The number of rotatable bonds is 5. The molecule has 1 unspecified atom stereocenters. The van der Waals surface area contributed by atoms with Gasteiger partial charge in [-0.3, -0.25) is 4.79 Å². The van der Waals surface area contributed by atoms with Crippen molar-refractivity contribution >= 4 is 67.9 Å². The van der Waals surface area contributed by atoms with Crippen LogP contribution in [0, 0.1) is 6.92 Å². The van der Waals surface area contributed by atoms with Gasteiger partial charge in [0.05, 0.1) is 23.9 Å². The van der Waals surface area contributed by atoms with Crippen molar-refractivity contribution in [2.75, 3.05) is 57.1 Å². The van der Waals surface area contributed by atoms with E-state index >= 15 is 0 Å². The minimum Gasteiger partial charge on any atom is -0.465 e. The van der Waals surface area contributed by atoms with Gasteiger partial charge in [-0.05, 0) is 37.1 Å². The molecule has 0 aliphatic carbocycles. The van der Waals surface area contributed by atoms with Gasteiger partial charge >= 0.3 is 12.1 Å². The lowest BCUT2D eigenvalue weighted by Crippen LogP contribution is -2.48. The van der Waals surface area contributed by atoms with Gasteiger partial charge in [0, 0.05) is 72.1 Å². The number of amides is 2. The number of H-pyrrole nitrogens is 1. The van der Waals surface area contributed by atoms with Crippen LogP contribution in [-0.2, 0) is 9.53 Å². The Labute approximate surface area is 233 Å². The Bertz CT molecular complexity index is 1410. The van der Waals surface area contributed by atoms with E-state index in [2.05, 4.69) is 25.8 Å². The van der Waals surface area contributed by atoms with Crippen LogP contribution in [-0.4, -0.2) is 85.0 Å². The van der Waals surface area contributed by atoms with Crippen LogP contribution < -0.4 is 9.64 Å². The van der Waals surface area contributed by atoms with Gasteiger partial charge < -0.3 is 29.2 Å². The van der Waals surface area contributed by atoms with E-state index in [4.69, 9.17) is 9.47 Å². The van der Waals surface area contributed by atoms with E-state index in [-0.39, 0.29) is 17.6 Å². The van der Waals surface area contributed by atoms with Crippen molar-refractivity contribution in [2.45, 2.75) is 12.8 Å². The maximum absolute atomic E-state index is 13.4. The van der Waals surface area contributed by atoms with Crippen molar-refractivity contribution in [1.82, 2.24) is 14.8 Å². The second kappa shape index (κ2) is 10.9. The minimum absolute atomic E-state index is 0.0763. The Morgan fingerprint density at radius 1 is 1.24 bits per heavy atom. The van der Waals surface area contributed by atoms with E-state index in [1.54, 1.807) is 46.3 Å². The molecule has 1 fully saturated rings. The first kappa shape index (κ1) is 26.5. The van der Waals surface area contributed by atoms with Crippen LogP contribution in [0.2, 0.25) is 0 Å². The molecule has 0 bridgehead atoms. The Morgan fingerprint density at radius 3 is 2.66 bits per heavy atom. The number of carbonyl (C=O) groups is 3. The third kappa shape index (κ3) is 4.85. The highest BCUT2D eigenvalue weighted by Gasteiger charge is 2.37. The summed E-state index contributed by atoms with van der Waals surface area (Å²) in [6, 6.07) is 5.61. The second-order valence-corrected chi connectivity index (χ2v) is 11.1. The predicted octanol–water partition coefficient (Wildman–Crippen LogP) is 4.61. The Morgan fingerprint density at radius 2 is 2.00 bits per heavy atom. The number of thiophene rings is 1. The predicted molar refractivity (Wildman–Crippen MR) is 152 cm³/mol. The van der Waals surface area contributed by atoms with Crippen molar-refractivity contribution < 1.29 is 23.9 Å². The molecule has 11 heteroatoms. The molecule has 3 aromatic rings. The highest BCUT2D eigenvalue weighted by Crippen LogP contribution is 2.47. The standard InChI is InChI=1S/C27H29BrN4O5S/c1-16-22(26(34)36-3)24-23-17(14-28)15-32(21(33)7-6-18-5-4-12-38-18)19(23)13-20(25(24)29-16)37-27(35)31-10-8-30(2)9-11-31/h4-7,12-13,17,29H,8-11,14-15H2,1-3H3/b7-6+. The van der Waals surface area contributed by atoms with E-state index in [0.29, 0.717) is 52.8 Å². The number of anilines is 1. The lowest BCUT2D eigenvalue weighted by Gasteiger charge is -2.31. The molecule has 0 radical (unpaired) electrons. The van der Waals surface area contributed by atoms with Gasteiger partial charge in [-0.1, -0.05) is 22.0 Å². The maximum Gasteiger partial charge on any atom is 0.415 e. The van der Waals surface area contributed by atoms with Gasteiger partial charge in [0.25, 0.3) is 5.91 Å². The van der Waals surface area contributed by atoms with E-state index in [1.807, 2.05) is 24.6 Å². The Kier molecular flexibility index (Phi) is 7.60. The molecule has 1 aromatic carbocycles. The smallest absolute Gasteiger partial charge is 0.415 e. The zero-order valence-electron chi connectivity index (χ0n) is 21.5. The molecule has 4 heterocycles. The van der Waals surface area contributed by atoms with Gasteiger partial charge in [0.1, 0.15) is 0 Å². The molecule has 1 N–H and O–H groups in total. The molecule has 2 aromatic heterocycles. The van der Waals surface area contributed by atoms with Crippen molar-refractivity contribution in [2.24, 2.45) is 0 Å². The van der Waals surface area contributed by atoms with Crippen LogP contribution in [0.3, 0.4) is 0 Å². The molecule has 1 saturated heterocycles. The van der Waals surface area contributed by atoms with Gasteiger partial charge in [0.15, 0.2) is 5.75 Å². The van der Waals surface area contributed by atoms with Gasteiger partial charge in [-0.2, -0.15) is 0 Å². The minimum atomic E-state index is -0.491. The number of esters is 1. The largest absolute Gasteiger partial charge is 0.465 e. The van der Waals surface area contributed by atoms with Gasteiger partial charge in [-0.25, -0.2) is 9.59 Å². The summed E-state index contributed by atoms with van der Waals surface area (Å²) in [7, 11) is 3.35. The number of nitrogens with zero attached hydrogens (tertiary/aromatic N) is 3. The van der Waals surface area contributed by atoms with E-state index in [0.717, 1.165) is 23.5 Å². The molecule has 0 saturated carbocycles. The zero-order chi connectivity index (χ0) is 27.0. The lowest BCUT2D eigenvalue weighted by molar-refractivity contribution is -0.114. The summed E-state index contributed by atoms with van der Waals surface area (Å²) in [6.07, 6.45) is 2.88. The normalized spacial score (nSPS) is 17.8. The number of aromatic amines is 1. The van der Waals surface area contributed by atoms with Crippen LogP contribution in [0.15, 0.2) is 29.7 Å². The molecule has 1 atom stereocenters. The third-order valence-electron chi connectivity index (χ3n) is 7.08. The highest BCUT2D eigenvalue weighted by molar-refractivity contribution is 9.09. The molecule has 38 heavy (non-hydrogen) atoms. The molecule has 2 amide bonds. The topological polar surface area (TPSA) is 95.2 Å². The summed E-state index contributed by atoms with van der Waals surface area (Å²) in [5.41, 5.74) is 2.99. The van der Waals surface area contributed by atoms with E-state index in [1.165, 1.54) is 7.11 Å². The summed E-state index contributed by atoms with van der Waals surface area (Å²) < 4.78 is 11.1. The quantitative estimate of drug-likeness (QED) is 0.261. The number of alkyl halides is 1. The molecule has 2 aliphatic heterocycles. The average Bonchev–Trinajstić information content (AvgIpc) is 3.64. The molecule has 2 aliphatic rings. The molecule has 5 rings (SSSR count). The number of carbonyl (C=O) groups excluding carboxylic acids is 3. The summed E-state index contributed by atoms with van der Waals surface area (Å²) in [4.78, 5) is 49.2. The summed E-state index contributed by atoms with van der Waals surface area (Å²) >= 11 is 5.15. The number of fused-ring (bicyclic) bond motifs is 3. The van der Waals surface area contributed by atoms with Crippen molar-refractivity contribution in [1.29, 1.82) is 0 Å². The molecule has 9 nitrogen and oxygen atoms in total. The van der Waals surface area contributed by atoms with Crippen molar-refractivity contribution in [3.8, 4) is 5.75 Å². The first-order valence-corrected chi connectivity index (χ1v) is 14.3. The number of nitrogens with one attached hydrogen (secondary N) is 1. The monoisotopic (exact) mass is 600 g/mol. The molecule has 200 valence electrons. The lowest BCUT2D eigenvalue weighted by atomic mass is 9.95. The van der Waals surface area contributed by atoms with E-state index in [9.17, 15) is 14.4 Å². The van der Waals surface area contributed by atoms with E-state index < -0.39 is 12.1 Å². The van der Waals surface area contributed by atoms with Crippen LogP contribution in [0.4, 0.5) is 10.5 Å². The number of methoxy groups -OCH3 is 1. The summed E-state index contributed by atoms with van der Waals surface area (Å²) in [5, 5.41) is 3.16. The number of ether oxygens (including phenoxy) is 2. The first-order chi connectivity index (χ1) is 18.3. The van der Waals surface area contributed by atoms with Crippen molar-refractivity contribution in [3.05, 3.63) is 51.4 Å². The Hall–Kier alpha value is -3.15. The third-order valence-corrected chi connectivity index (χ3v) is 8.70. The van der Waals surface area contributed by atoms with Crippen molar-refractivity contribution in [3.63, 3.8) is 0 Å². The molecular weight excluding hydrogens is 572 g/mol. The Balaban J connectivity index is 1.61. The molecular formula is C27H29BrN4O5S. The summed E-state index contributed by atoms with van der Waals surface area (Å²) in [5.74, 6) is -0.483. The number of likely N-dealkylation sites (N-methyl/N-ethyl adjacent to an activating group) is 1. The first-order valence-electron chi connectivity index (χ1n) is 12.3. The van der Waals surface area contributed by atoms with Gasteiger partial charge in [0.2, 0.25) is 0 Å².